The van der Waals surface area contributed by atoms with Crippen molar-refractivity contribution >= 4 is 17.2 Å². The SMILES string of the molecule is Cc1cccc(C2CCCCCN2C(=O)CCCc2cccs2)c1. The summed E-state index contributed by atoms with van der Waals surface area (Å²) in [6, 6.07) is 13.2. The monoisotopic (exact) mass is 341 g/mol. The van der Waals surface area contributed by atoms with Gasteiger partial charge >= 0.3 is 0 Å². The van der Waals surface area contributed by atoms with Crippen molar-refractivity contribution in [3.05, 3.63) is 57.8 Å². The van der Waals surface area contributed by atoms with Gasteiger partial charge in [-0.1, -0.05) is 48.7 Å². The molecule has 1 aliphatic heterocycles. The van der Waals surface area contributed by atoms with Crippen molar-refractivity contribution < 1.29 is 4.79 Å². The lowest BCUT2D eigenvalue weighted by Crippen LogP contribution is -2.34. The van der Waals surface area contributed by atoms with Crippen LogP contribution >= 0.6 is 11.3 Å². The van der Waals surface area contributed by atoms with E-state index in [1.807, 2.05) is 0 Å². The fourth-order valence-corrected chi connectivity index (χ4v) is 4.39. The van der Waals surface area contributed by atoms with Crippen LogP contribution in [0.1, 0.15) is 60.6 Å². The minimum absolute atomic E-state index is 0.265. The predicted octanol–water partition coefficient (Wildman–Crippen LogP) is 5.52. The van der Waals surface area contributed by atoms with E-state index in [2.05, 4.69) is 53.6 Å². The van der Waals surface area contributed by atoms with Crippen LogP contribution in [-0.2, 0) is 11.2 Å². The van der Waals surface area contributed by atoms with Crippen LogP contribution in [-0.4, -0.2) is 17.4 Å². The van der Waals surface area contributed by atoms with Crippen molar-refractivity contribution in [1.29, 1.82) is 0 Å². The van der Waals surface area contributed by atoms with Crippen LogP contribution in [0.15, 0.2) is 41.8 Å². The van der Waals surface area contributed by atoms with Crippen molar-refractivity contribution in [2.45, 2.75) is 57.9 Å². The highest BCUT2D eigenvalue weighted by Crippen LogP contribution is 2.31. The lowest BCUT2D eigenvalue weighted by molar-refractivity contribution is -0.133. The Morgan fingerprint density at radius 3 is 2.92 bits per heavy atom. The standard InChI is InChI=1S/C21H27NOS/c1-17-8-5-9-18(16-17)20-12-3-2-4-14-22(20)21(23)13-6-10-19-11-7-15-24-19/h5,7-9,11,15-16,20H,2-4,6,10,12-14H2,1H3. The second-order valence-electron chi connectivity index (χ2n) is 6.80. The van der Waals surface area contributed by atoms with Crippen molar-refractivity contribution in [3.63, 3.8) is 0 Å². The zero-order chi connectivity index (χ0) is 16.8. The molecular weight excluding hydrogens is 314 g/mol. The van der Waals surface area contributed by atoms with Gasteiger partial charge in [-0.25, -0.2) is 0 Å². The molecule has 1 saturated heterocycles. The Bertz CT molecular complexity index is 650. The molecule has 1 aromatic carbocycles. The van der Waals surface area contributed by atoms with E-state index in [-0.39, 0.29) is 6.04 Å². The highest BCUT2D eigenvalue weighted by atomic mass is 32.1. The number of thiophene rings is 1. The Balaban J connectivity index is 1.66. The molecule has 0 radical (unpaired) electrons. The fourth-order valence-electron chi connectivity index (χ4n) is 3.64. The lowest BCUT2D eigenvalue weighted by Gasteiger charge is -2.31. The van der Waals surface area contributed by atoms with E-state index in [1.165, 1.54) is 28.8 Å². The van der Waals surface area contributed by atoms with Gasteiger partial charge in [0.1, 0.15) is 0 Å². The van der Waals surface area contributed by atoms with Gasteiger partial charge < -0.3 is 4.90 Å². The summed E-state index contributed by atoms with van der Waals surface area (Å²) in [5, 5.41) is 2.11. The number of carbonyl (C=O) groups excluding carboxylic acids is 1. The molecule has 0 N–H and O–H groups in total. The van der Waals surface area contributed by atoms with E-state index in [0.717, 1.165) is 32.2 Å². The number of hydrogen-bond donors (Lipinski definition) is 0. The Morgan fingerprint density at radius 1 is 1.21 bits per heavy atom. The summed E-state index contributed by atoms with van der Waals surface area (Å²) >= 11 is 1.79. The summed E-state index contributed by atoms with van der Waals surface area (Å²) in [4.78, 5) is 16.4. The first-order valence-electron chi connectivity index (χ1n) is 9.12. The van der Waals surface area contributed by atoms with Gasteiger partial charge in [-0.3, -0.25) is 4.79 Å². The van der Waals surface area contributed by atoms with Crippen LogP contribution < -0.4 is 0 Å². The molecule has 2 aromatic rings. The number of rotatable bonds is 5. The molecule has 1 aliphatic rings. The number of benzene rings is 1. The van der Waals surface area contributed by atoms with Gasteiger partial charge in [0.05, 0.1) is 6.04 Å². The molecule has 2 heterocycles. The van der Waals surface area contributed by atoms with Crippen LogP contribution in [0.4, 0.5) is 0 Å². The molecule has 1 aromatic heterocycles. The summed E-state index contributed by atoms with van der Waals surface area (Å²) in [5.41, 5.74) is 2.59. The van der Waals surface area contributed by atoms with Gasteiger partial charge in [0.15, 0.2) is 0 Å². The smallest absolute Gasteiger partial charge is 0.223 e. The van der Waals surface area contributed by atoms with Gasteiger partial charge in [-0.05, 0) is 49.6 Å². The zero-order valence-electron chi connectivity index (χ0n) is 14.5. The van der Waals surface area contributed by atoms with Gasteiger partial charge in [-0.2, -0.15) is 0 Å². The predicted molar refractivity (Wildman–Crippen MR) is 101 cm³/mol. The molecule has 1 atom stereocenters. The number of hydrogen-bond acceptors (Lipinski definition) is 2. The minimum atomic E-state index is 0.265. The molecule has 3 rings (SSSR count). The average Bonchev–Trinajstić information content (AvgIpc) is 2.97. The average molecular weight is 342 g/mol. The molecule has 0 spiro atoms. The third kappa shape index (κ3) is 4.47. The Kier molecular flexibility index (Phi) is 6.08. The van der Waals surface area contributed by atoms with Crippen molar-refractivity contribution in [3.8, 4) is 0 Å². The van der Waals surface area contributed by atoms with Crippen LogP contribution in [0, 0.1) is 6.92 Å². The molecule has 0 bridgehead atoms. The number of likely N-dealkylation sites (tertiary alicyclic amines) is 1. The first-order chi connectivity index (χ1) is 11.7. The molecule has 2 nitrogen and oxygen atoms in total. The molecule has 0 aliphatic carbocycles. The third-order valence-corrected chi connectivity index (χ3v) is 5.83. The first kappa shape index (κ1) is 17.2. The Labute approximate surface area is 149 Å². The number of aryl methyl sites for hydroxylation is 2. The largest absolute Gasteiger partial charge is 0.336 e. The van der Waals surface area contributed by atoms with Crippen LogP contribution in [0.5, 0.6) is 0 Å². The fraction of sp³-hybridized carbons (Fsp3) is 0.476. The van der Waals surface area contributed by atoms with Gasteiger partial charge in [0.2, 0.25) is 5.91 Å². The van der Waals surface area contributed by atoms with Gasteiger partial charge in [-0.15, -0.1) is 11.3 Å². The third-order valence-electron chi connectivity index (χ3n) is 4.89. The van der Waals surface area contributed by atoms with E-state index < -0.39 is 0 Å². The van der Waals surface area contributed by atoms with Crippen molar-refractivity contribution in [1.82, 2.24) is 4.90 Å². The zero-order valence-corrected chi connectivity index (χ0v) is 15.4. The maximum atomic E-state index is 12.9. The van der Waals surface area contributed by atoms with Crippen molar-refractivity contribution in [2.75, 3.05) is 6.54 Å². The van der Waals surface area contributed by atoms with Crippen LogP contribution in [0.25, 0.3) is 0 Å². The van der Waals surface area contributed by atoms with E-state index in [4.69, 9.17) is 0 Å². The maximum absolute atomic E-state index is 12.9. The summed E-state index contributed by atoms with van der Waals surface area (Å²) < 4.78 is 0. The van der Waals surface area contributed by atoms with E-state index in [9.17, 15) is 4.79 Å². The highest BCUT2D eigenvalue weighted by Gasteiger charge is 2.26. The number of amides is 1. The molecule has 0 saturated carbocycles. The Hall–Kier alpha value is -1.61. The summed E-state index contributed by atoms with van der Waals surface area (Å²) in [5.74, 6) is 0.333. The molecule has 128 valence electrons. The van der Waals surface area contributed by atoms with Gasteiger partial charge in [0, 0.05) is 17.8 Å². The van der Waals surface area contributed by atoms with Gasteiger partial charge in [0.25, 0.3) is 0 Å². The lowest BCUT2D eigenvalue weighted by atomic mass is 9.98. The Morgan fingerprint density at radius 2 is 2.12 bits per heavy atom. The summed E-state index contributed by atoms with van der Waals surface area (Å²) in [7, 11) is 0. The van der Waals surface area contributed by atoms with Crippen LogP contribution in [0.2, 0.25) is 0 Å². The topological polar surface area (TPSA) is 20.3 Å². The summed E-state index contributed by atoms with van der Waals surface area (Å²) in [6.45, 7) is 3.05. The molecule has 1 unspecified atom stereocenters. The number of carbonyl (C=O) groups is 1. The molecule has 1 amide bonds. The van der Waals surface area contributed by atoms with E-state index in [0.29, 0.717) is 12.3 Å². The van der Waals surface area contributed by atoms with E-state index >= 15 is 0 Å². The molecule has 1 fully saturated rings. The maximum Gasteiger partial charge on any atom is 0.223 e. The quantitative estimate of drug-likeness (QED) is 0.701. The van der Waals surface area contributed by atoms with Crippen LogP contribution in [0.3, 0.4) is 0 Å². The minimum Gasteiger partial charge on any atom is -0.336 e. The highest BCUT2D eigenvalue weighted by molar-refractivity contribution is 7.09. The molecule has 24 heavy (non-hydrogen) atoms. The second-order valence-corrected chi connectivity index (χ2v) is 7.83. The second kappa shape index (κ2) is 8.48. The van der Waals surface area contributed by atoms with E-state index in [1.54, 1.807) is 11.3 Å². The van der Waals surface area contributed by atoms with Crippen molar-refractivity contribution in [2.24, 2.45) is 0 Å². The molecular formula is C21H27NOS. The number of nitrogens with zero attached hydrogens (tertiary/aromatic N) is 1. The normalized spacial score (nSPS) is 18.4. The molecule has 3 heteroatoms. The summed E-state index contributed by atoms with van der Waals surface area (Å²) in [6.07, 6.45) is 7.33. The first-order valence-corrected chi connectivity index (χ1v) is 10.0.